The minimum Gasteiger partial charge on any atom is -0.480 e. The molecule has 0 radical (unpaired) electrons. The van der Waals surface area contributed by atoms with E-state index in [-0.39, 0.29) is 0 Å². The van der Waals surface area contributed by atoms with Gasteiger partial charge in [-0.15, -0.1) is 10.2 Å². The highest BCUT2D eigenvalue weighted by molar-refractivity contribution is 8.00. The molecule has 0 amide bonds. The minimum atomic E-state index is -0.810. The maximum atomic E-state index is 10.7. The van der Waals surface area contributed by atoms with Gasteiger partial charge < -0.3 is 9.67 Å². The van der Waals surface area contributed by atoms with Crippen LogP contribution in [0.5, 0.6) is 0 Å². The second-order valence-electron chi connectivity index (χ2n) is 2.58. The molecule has 0 bridgehead atoms. The summed E-state index contributed by atoms with van der Waals surface area (Å²) in [4.78, 5) is 10.7. The quantitative estimate of drug-likeness (QED) is 0.729. The number of thioether (sulfide) groups is 1. The highest BCUT2D eigenvalue weighted by atomic mass is 32.2. The Balaban J connectivity index is 2.67. The first kappa shape index (κ1) is 10.0. The minimum absolute atomic E-state index is 0.442. The van der Waals surface area contributed by atoms with Crippen molar-refractivity contribution in [3.8, 4) is 0 Å². The van der Waals surface area contributed by atoms with E-state index in [4.69, 9.17) is 5.11 Å². The Bertz CT molecular complexity index is 300. The normalized spacial score (nSPS) is 12.8. The van der Waals surface area contributed by atoms with Crippen LogP contribution >= 0.6 is 11.8 Å². The highest BCUT2D eigenvalue weighted by Gasteiger charge is 2.18. The van der Waals surface area contributed by atoms with Gasteiger partial charge in [-0.25, -0.2) is 0 Å². The summed E-state index contributed by atoms with van der Waals surface area (Å²) in [5.74, 6) is -0.810. The van der Waals surface area contributed by atoms with E-state index in [0.717, 1.165) is 0 Å². The lowest BCUT2D eigenvalue weighted by atomic mass is 10.3. The van der Waals surface area contributed by atoms with Crippen molar-refractivity contribution in [2.75, 3.05) is 0 Å². The summed E-state index contributed by atoms with van der Waals surface area (Å²) in [6.45, 7) is 1.84. The van der Waals surface area contributed by atoms with Crippen molar-refractivity contribution in [2.24, 2.45) is 7.05 Å². The fraction of sp³-hybridized carbons (Fsp3) is 0.571. The predicted octanol–water partition coefficient (Wildman–Crippen LogP) is 0.770. The van der Waals surface area contributed by atoms with Crippen LogP contribution in [0.1, 0.15) is 13.3 Å². The molecule has 0 saturated heterocycles. The van der Waals surface area contributed by atoms with E-state index in [1.807, 2.05) is 6.92 Å². The van der Waals surface area contributed by atoms with Gasteiger partial charge in [0.2, 0.25) is 0 Å². The van der Waals surface area contributed by atoms with Gasteiger partial charge in [0.15, 0.2) is 5.16 Å². The van der Waals surface area contributed by atoms with Gasteiger partial charge >= 0.3 is 5.97 Å². The number of hydrogen-bond acceptors (Lipinski definition) is 4. The number of aromatic nitrogens is 3. The Kier molecular flexibility index (Phi) is 3.30. The van der Waals surface area contributed by atoms with Crippen LogP contribution in [0.15, 0.2) is 11.5 Å². The van der Waals surface area contributed by atoms with Crippen LogP contribution in [0.4, 0.5) is 0 Å². The zero-order chi connectivity index (χ0) is 9.84. The molecule has 5 nitrogen and oxygen atoms in total. The summed E-state index contributed by atoms with van der Waals surface area (Å²) >= 11 is 1.22. The predicted molar refractivity (Wildman–Crippen MR) is 48.6 cm³/mol. The third-order valence-corrected chi connectivity index (χ3v) is 2.96. The second kappa shape index (κ2) is 4.27. The van der Waals surface area contributed by atoms with E-state index in [9.17, 15) is 4.79 Å². The lowest BCUT2D eigenvalue weighted by Gasteiger charge is -2.07. The monoisotopic (exact) mass is 201 g/mol. The Morgan fingerprint density at radius 3 is 2.92 bits per heavy atom. The van der Waals surface area contributed by atoms with Gasteiger partial charge in [0, 0.05) is 7.05 Å². The van der Waals surface area contributed by atoms with Gasteiger partial charge in [0.25, 0.3) is 0 Å². The average Bonchev–Trinajstić information content (AvgIpc) is 2.46. The molecule has 0 aliphatic rings. The van der Waals surface area contributed by atoms with Crippen LogP contribution in [-0.2, 0) is 11.8 Å². The van der Waals surface area contributed by atoms with Crippen LogP contribution in [0.2, 0.25) is 0 Å². The largest absolute Gasteiger partial charge is 0.480 e. The summed E-state index contributed by atoms with van der Waals surface area (Å²) in [6.07, 6.45) is 2.13. The lowest BCUT2D eigenvalue weighted by Crippen LogP contribution is -2.15. The first-order valence-electron chi connectivity index (χ1n) is 3.88. The molecule has 1 atom stereocenters. The SMILES string of the molecule is CC[C@@H](Sc1nncn1C)C(=O)O. The number of carboxylic acid groups (broad SMARTS) is 1. The van der Waals surface area contributed by atoms with Crippen LogP contribution in [0, 0.1) is 0 Å². The molecule has 72 valence electrons. The van der Waals surface area contributed by atoms with Crippen LogP contribution < -0.4 is 0 Å². The van der Waals surface area contributed by atoms with Crippen molar-refractivity contribution < 1.29 is 9.90 Å². The molecular formula is C7H11N3O2S. The molecule has 1 aromatic rings. The number of aryl methyl sites for hydroxylation is 1. The number of hydrogen-bond donors (Lipinski definition) is 1. The molecule has 1 heterocycles. The van der Waals surface area contributed by atoms with Gasteiger partial charge in [-0.3, -0.25) is 4.79 Å². The van der Waals surface area contributed by atoms with E-state index in [1.54, 1.807) is 17.9 Å². The summed E-state index contributed by atoms with van der Waals surface area (Å²) in [5, 5.41) is 16.4. The molecule has 0 aromatic carbocycles. The molecule has 1 N–H and O–H groups in total. The molecule has 1 rings (SSSR count). The van der Waals surface area contributed by atoms with E-state index in [2.05, 4.69) is 10.2 Å². The Morgan fingerprint density at radius 2 is 2.54 bits per heavy atom. The van der Waals surface area contributed by atoms with Gasteiger partial charge in [-0.05, 0) is 6.42 Å². The summed E-state index contributed by atoms with van der Waals surface area (Å²) < 4.78 is 1.70. The van der Waals surface area contributed by atoms with Crippen molar-refractivity contribution in [1.29, 1.82) is 0 Å². The number of rotatable bonds is 4. The van der Waals surface area contributed by atoms with Crippen molar-refractivity contribution >= 4 is 17.7 Å². The van der Waals surface area contributed by atoms with Gasteiger partial charge in [-0.2, -0.15) is 0 Å². The molecule has 6 heteroatoms. The number of carboxylic acids is 1. The maximum absolute atomic E-state index is 10.7. The Morgan fingerprint density at radius 1 is 1.85 bits per heavy atom. The van der Waals surface area contributed by atoms with E-state index < -0.39 is 11.2 Å². The molecule has 1 aromatic heterocycles. The average molecular weight is 201 g/mol. The summed E-state index contributed by atoms with van der Waals surface area (Å²) in [7, 11) is 1.79. The number of carbonyl (C=O) groups is 1. The fourth-order valence-corrected chi connectivity index (χ4v) is 1.64. The number of nitrogens with zero attached hydrogens (tertiary/aromatic N) is 3. The molecular weight excluding hydrogens is 190 g/mol. The van der Waals surface area contributed by atoms with Crippen molar-refractivity contribution in [3.63, 3.8) is 0 Å². The van der Waals surface area contributed by atoms with Crippen LogP contribution in [-0.4, -0.2) is 31.1 Å². The van der Waals surface area contributed by atoms with Crippen molar-refractivity contribution in [2.45, 2.75) is 23.8 Å². The van der Waals surface area contributed by atoms with Gasteiger partial charge in [-0.1, -0.05) is 18.7 Å². The van der Waals surface area contributed by atoms with Crippen molar-refractivity contribution in [3.05, 3.63) is 6.33 Å². The number of aliphatic carboxylic acids is 1. The molecule has 0 saturated carbocycles. The smallest absolute Gasteiger partial charge is 0.317 e. The Labute approximate surface area is 80.2 Å². The van der Waals surface area contributed by atoms with Crippen LogP contribution in [0.25, 0.3) is 0 Å². The maximum Gasteiger partial charge on any atom is 0.317 e. The van der Waals surface area contributed by atoms with E-state index >= 15 is 0 Å². The highest BCUT2D eigenvalue weighted by Crippen LogP contribution is 2.22. The van der Waals surface area contributed by atoms with E-state index in [1.165, 1.54) is 11.8 Å². The second-order valence-corrected chi connectivity index (χ2v) is 3.75. The zero-order valence-corrected chi connectivity index (χ0v) is 8.28. The fourth-order valence-electron chi connectivity index (χ4n) is 0.815. The van der Waals surface area contributed by atoms with Crippen LogP contribution in [0.3, 0.4) is 0 Å². The first-order chi connectivity index (χ1) is 6.15. The standard InChI is InChI=1S/C7H11N3O2S/c1-3-5(6(11)12)13-7-9-8-4-10(7)2/h4-5H,3H2,1-2H3,(H,11,12)/t5-/m1/s1. The molecule has 0 fully saturated rings. The molecule has 0 aliphatic heterocycles. The first-order valence-corrected chi connectivity index (χ1v) is 4.76. The van der Waals surface area contributed by atoms with Gasteiger partial charge in [0.1, 0.15) is 11.6 Å². The third-order valence-electron chi connectivity index (χ3n) is 1.56. The summed E-state index contributed by atoms with van der Waals surface area (Å²) in [6, 6.07) is 0. The summed E-state index contributed by atoms with van der Waals surface area (Å²) in [5.41, 5.74) is 0. The third kappa shape index (κ3) is 2.45. The topological polar surface area (TPSA) is 68.0 Å². The Hall–Kier alpha value is -1.04. The molecule has 13 heavy (non-hydrogen) atoms. The zero-order valence-electron chi connectivity index (χ0n) is 7.47. The van der Waals surface area contributed by atoms with E-state index in [0.29, 0.717) is 11.6 Å². The lowest BCUT2D eigenvalue weighted by molar-refractivity contribution is -0.136. The van der Waals surface area contributed by atoms with Crippen molar-refractivity contribution in [1.82, 2.24) is 14.8 Å². The molecule has 0 aliphatic carbocycles. The molecule has 0 unspecified atom stereocenters. The molecule has 0 spiro atoms. The van der Waals surface area contributed by atoms with Gasteiger partial charge in [0.05, 0.1) is 0 Å².